The van der Waals surface area contributed by atoms with Crippen molar-refractivity contribution >= 4 is 11.7 Å². The first kappa shape index (κ1) is 10.9. The molecule has 1 aromatic rings. The van der Waals surface area contributed by atoms with Gasteiger partial charge in [0.15, 0.2) is 0 Å². The molecule has 2 unspecified atom stereocenters. The first-order valence-corrected chi connectivity index (χ1v) is 5.41. The van der Waals surface area contributed by atoms with E-state index in [2.05, 4.69) is 20.8 Å². The van der Waals surface area contributed by atoms with Gasteiger partial charge >= 0.3 is 0 Å². The van der Waals surface area contributed by atoms with E-state index in [9.17, 15) is 9.90 Å². The summed E-state index contributed by atoms with van der Waals surface area (Å²) in [5.41, 5.74) is 0.436. The zero-order valence-electron chi connectivity index (χ0n) is 9.16. The van der Waals surface area contributed by atoms with Crippen LogP contribution in [0.25, 0.3) is 0 Å². The molecule has 2 rings (SSSR count). The van der Waals surface area contributed by atoms with Gasteiger partial charge in [-0.15, -0.1) is 0 Å². The van der Waals surface area contributed by atoms with Crippen molar-refractivity contribution < 1.29 is 9.90 Å². The van der Waals surface area contributed by atoms with Crippen molar-refractivity contribution in [3.05, 3.63) is 11.8 Å². The molecule has 1 aliphatic rings. The molecule has 1 amide bonds. The average molecular weight is 224 g/mol. The van der Waals surface area contributed by atoms with E-state index >= 15 is 0 Å². The number of aromatic amines is 1. The fraction of sp³-hybridized carbons (Fsp3) is 0.600. The zero-order valence-corrected chi connectivity index (χ0v) is 9.16. The van der Waals surface area contributed by atoms with Gasteiger partial charge in [-0.1, -0.05) is 0 Å². The van der Waals surface area contributed by atoms with Crippen LogP contribution in [0, 0.1) is 0 Å². The third-order valence-electron chi connectivity index (χ3n) is 2.82. The summed E-state index contributed by atoms with van der Waals surface area (Å²) in [7, 11) is 1.74. The summed E-state index contributed by atoms with van der Waals surface area (Å²) < 4.78 is 0. The summed E-state index contributed by atoms with van der Waals surface area (Å²) in [4.78, 5) is 11.7. The van der Waals surface area contributed by atoms with Crippen LogP contribution in [0.1, 0.15) is 29.8 Å². The number of rotatable bonds is 3. The highest BCUT2D eigenvalue weighted by molar-refractivity contribution is 5.93. The molecule has 0 spiro atoms. The number of amides is 1. The van der Waals surface area contributed by atoms with Crippen LogP contribution in [0.2, 0.25) is 0 Å². The van der Waals surface area contributed by atoms with Gasteiger partial charge in [0.2, 0.25) is 0 Å². The second-order valence-corrected chi connectivity index (χ2v) is 4.05. The number of aliphatic hydroxyl groups is 1. The van der Waals surface area contributed by atoms with E-state index in [0.717, 1.165) is 12.8 Å². The largest absolute Gasteiger partial charge is 0.393 e. The number of hydrogen-bond donors (Lipinski definition) is 4. The van der Waals surface area contributed by atoms with Crippen LogP contribution in [0.15, 0.2) is 6.07 Å². The molecule has 0 radical (unpaired) electrons. The van der Waals surface area contributed by atoms with Crippen LogP contribution < -0.4 is 10.6 Å². The van der Waals surface area contributed by atoms with Crippen molar-refractivity contribution in [2.75, 3.05) is 12.4 Å². The van der Waals surface area contributed by atoms with Gasteiger partial charge in [-0.2, -0.15) is 5.10 Å². The smallest absolute Gasteiger partial charge is 0.269 e. The summed E-state index contributed by atoms with van der Waals surface area (Å²) >= 11 is 0. The van der Waals surface area contributed by atoms with Gasteiger partial charge in [0.25, 0.3) is 5.91 Å². The van der Waals surface area contributed by atoms with Crippen LogP contribution in [0.3, 0.4) is 0 Å². The van der Waals surface area contributed by atoms with E-state index in [1.54, 1.807) is 13.1 Å². The molecule has 0 bridgehead atoms. The van der Waals surface area contributed by atoms with Crippen molar-refractivity contribution in [1.29, 1.82) is 0 Å². The van der Waals surface area contributed by atoms with Crippen LogP contribution in [0.5, 0.6) is 0 Å². The maximum Gasteiger partial charge on any atom is 0.269 e. The Hall–Kier alpha value is -1.56. The van der Waals surface area contributed by atoms with Crippen molar-refractivity contribution in [2.24, 2.45) is 0 Å². The van der Waals surface area contributed by atoms with Gasteiger partial charge in [-0.25, -0.2) is 0 Å². The molecule has 6 nitrogen and oxygen atoms in total. The zero-order chi connectivity index (χ0) is 11.5. The van der Waals surface area contributed by atoms with E-state index < -0.39 is 0 Å². The predicted molar refractivity (Wildman–Crippen MR) is 59.2 cm³/mol. The van der Waals surface area contributed by atoms with Crippen molar-refractivity contribution in [3.63, 3.8) is 0 Å². The first-order valence-electron chi connectivity index (χ1n) is 5.41. The number of H-pyrrole nitrogens is 1. The standard InChI is InChI=1S/C10H16N4O2/c1-11-9-5-8(13-14-9)10(16)12-6-2-3-7(15)4-6/h5-7,15H,2-4H2,1H3,(H,12,16)(H2,11,13,14). The Morgan fingerprint density at radius 1 is 1.62 bits per heavy atom. The van der Waals surface area contributed by atoms with Crippen molar-refractivity contribution in [1.82, 2.24) is 15.5 Å². The SMILES string of the molecule is CNc1cc(C(=O)NC2CCC(O)C2)[nH]n1. The van der Waals surface area contributed by atoms with Gasteiger partial charge in [0.05, 0.1) is 6.10 Å². The molecule has 1 aliphatic carbocycles. The van der Waals surface area contributed by atoms with Crippen LogP contribution in [0.4, 0.5) is 5.82 Å². The number of aromatic nitrogens is 2. The number of nitrogens with zero attached hydrogens (tertiary/aromatic N) is 1. The summed E-state index contributed by atoms with van der Waals surface area (Å²) in [5, 5.41) is 21.6. The summed E-state index contributed by atoms with van der Waals surface area (Å²) in [6.45, 7) is 0. The lowest BCUT2D eigenvalue weighted by molar-refractivity contribution is 0.0929. The summed E-state index contributed by atoms with van der Waals surface area (Å²) in [6, 6.07) is 1.73. The molecule has 4 N–H and O–H groups in total. The third kappa shape index (κ3) is 2.33. The Morgan fingerprint density at radius 2 is 2.44 bits per heavy atom. The molecule has 1 aromatic heterocycles. The molecular formula is C10H16N4O2. The maximum atomic E-state index is 11.7. The van der Waals surface area contributed by atoms with E-state index in [1.807, 2.05) is 0 Å². The molecule has 88 valence electrons. The molecular weight excluding hydrogens is 208 g/mol. The Balaban J connectivity index is 1.92. The Bertz CT molecular complexity index is 377. The number of aliphatic hydroxyl groups excluding tert-OH is 1. The van der Waals surface area contributed by atoms with Crippen LogP contribution in [-0.2, 0) is 0 Å². The first-order chi connectivity index (χ1) is 7.69. The summed E-state index contributed by atoms with van der Waals surface area (Å²) in [5.74, 6) is 0.463. The molecule has 0 aromatic carbocycles. The lowest BCUT2D eigenvalue weighted by Gasteiger charge is -2.10. The lowest BCUT2D eigenvalue weighted by atomic mass is 10.2. The summed E-state index contributed by atoms with van der Waals surface area (Å²) in [6.07, 6.45) is 1.95. The number of carbonyl (C=O) groups is 1. The van der Waals surface area contributed by atoms with Crippen molar-refractivity contribution in [3.8, 4) is 0 Å². The average Bonchev–Trinajstić information content (AvgIpc) is 2.87. The van der Waals surface area contributed by atoms with Gasteiger partial charge in [-0.3, -0.25) is 9.89 Å². The minimum absolute atomic E-state index is 0.0730. The fourth-order valence-electron chi connectivity index (χ4n) is 1.92. The molecule has 6 heteroatoms. The molecule has 0 aliphatic heterocycles. The van der Waals surface area contributed by atoms with E-state index in [-0.39, 0.29) is 18.1 Å². The molecule has 2 atom stereocenters. The molecule has 16 heavy (non-hydrogen) atoms. The fourth-order valence-corrected chi connectivity index (χ4v) is 1.92. The molecule has 1 saturated carbocycles. The highest BCUT2D eigenvalue weighted by atomic mass is 16.3. The van der Waals surface area contributed by atoms with Gasteiger partial charge in [-0.05, 0) is 19.3 Å². The number of anilines is 1. The molecule has 1 heterocycles. The minimum Gasteiger partial charge on any atom is -0.393 e. The topological polar surface area (TPSA) is 90.0 Å². The Kier molecular flexibility index (Phi) is 3.09. The molecule has 1 fully saturated rings. The Labute approximate surface area is 93.4 Å². The number of carbonyl (C=O) groups excluding carboxylic acids is 1. The second kappa shape index (κ2) is 4.52. The maximum absolute atomic E-state index is 11.7. The van der Waals surface area contributed by atoms with Crippen LogP contribution in [-0.4, -0.2) is 40.4 Å². The monoisotopic (exact) mass is 224 g/mol. The normalized spacial score (nSPS) is 24.4. The van der Waals surface area contributed by atoms with E-state index in [1.165, 1.54) is 0 Å². The van der Waals surface area contributed by atoms with Crippen molar-refractivity contribution in [2.45, 2.75) is 31.4 Å². The van der Waals surface area contributed by atoms with Gasteiger partial charge < -0.3 is 15.7 Å². The van der Waals surface area contributed by atoms with E-state index in [4.69, 9.17) is 0 Å². The second-order valence-electron chi connectivity index (χ2n) is 4.05. The minimum atomic E-state index is -0.278. The highest BCUT2D eigenvalue weighted by Gasteiger charge is 2.24. The quantitative estimate of drug-likeness (QED) is 0.586. The van der Waals surface area contributed by atoms with Gasteiger partial charge in [0.1, 0.15) is 11.5 Å². The Morgan fingerprint density at radius 3 is 3.00 bits per heavy atom. The number of nitrogens with one attached hydrogen (secondary N) is 3. The highest BCUT2D eigenvalue weighted by Crippen LogP contribution is 2.19. The lowest BCUT2D eigenvalue weighted by Crippen LogP contribution is -2.33. The van der Waals surface area contributed by atoms with Gasteiger partial charge in [0, 0.05) is 19.2 Å². The number of hydrogen-bond acceptors (Lipinski definition) is 4. The predicted octanol–water partition coefficient (Wildman–Crippen LogP) is 0.0946. The van der Waals surface area contributed by atoms with E-state index in [0.29, 0.717) is 17.9 Å². The van der Waals surface area contributed by atoms with Crippen LogP contribution >= 0.6 is 0 Å². The third-order valence-corrected chi connectivity index (χ3v) is 2.82. The molecule has 0 saturated heterocycles.